The Balaban J connectivity index is 2.48. The molecule has 1 aromatic carbocycles. The Morgan fingerprint density at radius 3 is 2.62 bits per heavy atom. The van der Waals surface area contributed by atoms with E-state index in [0.717, 1.165) is 21.3 Å². The molecular formula is C12H16INOS. The first-order chi connectivity index (χ1) is 7.63. The van der Waals surface area contributed by atoms with Crippen molar-refractivity contribution >= 4 is 40.3 Å². The molecule has 0 radical (unpaired) electrons. The first-order valence-electron chi connectivity index (χ1n) is 5.19. The highest BCUT2D eigenvalue weighted by atomic mass is 127. The van der Waals surface area contributed by atoms with Crippen molar-refractivity contribution in [1.29, 1.82) is 0 Å². The van der Waals surface area contributed by atoms with Crippen LogP contribution in [0.4, 0.5) is 0 Å². The summed E-state index contributed by atoms with van der Waals surface area (Å²) >= 11 is 4.03. The fraction of sp³-hybridized carbons (Fsp3) is 0.417. The molecule has 4 heteroatoms. The van der Waals surface area contributed by atoms with Gasteiger partial charge in [0, 0.05) is 15.2 Å². The average Bonchev–Trinajstić information content (AvgIpc) is 2.27. The van der Waals surface area contributed by atoms with Crippen molar-refractivity contribution < 1.29 is 4.79 Å². The Morgan fingerprint density at radius 2 is 2.06 bits per heavy atom. The van der Waals surface area contributed by atoms with Gasteiger partial charge in [-0.1, -0.05) is 0 Å². The van der Waals surface area contributed by atoms with Crippen molar-refractivity contribution in [3.05, 3.63) is 33.4 Å². The van der Waals surface area contributed by atoms with E-state index in [2.05, 4.69) is 34.2 Å². The van der Waals surface area contributed by atoms with Crippen molar-refractivity contribution in [2.45, 2.75) is 19.4 Å². The molecule has 0 heterocycles. The first-order valence-corrected chi connectivity index (χ1v) is 7.66. The molecule has 0 fully saturated rings. The molecule has 88 valence electrons. The van der Waals surface area contributed by atoms with Crippen LogP contribution in [0.5, 0.6) is 0 Å². The minimum absolute atomic E-state index is 0.0185. The lowest BCUT2D eigenvalue weighted by atomic mass is 10.2. The first kappa shape index (κ1) is 13.8. The van der Waals surface area contributed by atoms with Gasteiger partial charge >= 0.3 is 0 Å². The molecule has 0 aromatic heterocycles. The summed E-state index contributed by atoms with van der Waals surface area (Å²) in [7, 11) is 0. The highest BCUT2D eigenvalue weighted by molar-refractivity contribution is 14.1. The van der Waals surface area contributed by atoms with Crippen LogP contribution in [0.1, 0.15) is 23.7 Å². The van der Waals surface area contributed by atoms with Gasteiger partial charge in [0.2, 0.25) is 0 Å². The molecule has 1 unspecified atom stereocenters. The molecule has 1 aromatic rings. The fourth-order valence-corrected chi connectivity index (χ4v) is 2.22. The number of carbonyl (C=O) groups excluding carboxylic acids is 1. The normalized spacial score (nSPS) is 12.2. The largest absolute Gasteiger partial charge is 0.350 e. The lowest BCUT2D eigenvalue weighted by molar-refractivity contribution is 0.0939. The Labute approximate surface area is 115 Å². The van der Waals surface area contributed by atoms with Gasteiger partial charge in [-0.25, -0.2) is 0 Å². The number of hydrogen-bond acceptors (Lipinski definition) is 2. The molecule has 0 aliphatic carbocycles. The van der Waals surface area contributed by atoms with Crippen LogP contribution in [0.2, 0.25) is 0 Å². The molecule has 0 aliphatic heterocycles. The summed E-state index contributed by atoms with van der Waals surface area (Å²) in [6, 6.07) is 7.85. The van der Waals surface area contributed by atoms with Gasteiger partial charge in [-0.15, -0.1) is 0 Å². The maximum absolute atomic E-state index is 11.8. The van der Waals surface area contributed by atoms with Crippen molar-refractivity contribution in [1.82, 2.24) is 5.32 Å². The Hall–Kier alpha value is -0.230. The maximum Gasteiger partial charge on any atom is 0.251 e. The van der Waals surface area contributed by atoms with E-state index in [1.54, 1.807) is 11.8 Å². The topological polar surface area (TPSA) is 29.1 Å². The minimum atomic E-state index is 0.0185. The Kier molecular flexibility index (Phi) is 6.20. The minimum Gasteiger partial charge on any atom is -0.350 e. The van der Waals surface area contributed by atoms with Crippen molar-refractivity contribution in [3.8, 4) is 0 Å². The van der Waals surface area contributed by atoms with Gasteiger partial charge in [0.05, 0.1) is 0 Å². The highest BCUT2D eigenvalue weighted by Crippen LogP contribution is 2.07. The van der Waals surface area contributed by atoms with Gasteiger partial charge in [-0.3, -0.25) is 4.79 Å². The summed E-state index contributed by atoms with van der Waals surface area (Å²) in [6.07, 6.45) is 3.09. The number of nitrogens with one attached hydrogen (secondary N) is 1. The zero-order chi connectivity index (χ0) is 12.0. The van der Waals surface area contributed by atoms with Crippen molar-refractivity contribution in [3.63, 3.8) is 0 Å². The van der Waals surface area contributed by atoms with Gasteiger partial charge in [0.15, 0.2) is 0 Å². The molecule has 0 aliphatic rings. The van der Waals surface area contributed by atoms with E-state index in [-0.39, 0.29) is 11.9 Å². The van der Waals surface area contributed by atoms with Gasteiger partial charge in [0.1, 0.15) is 0 Å². The van der Waals surface area contributed by atoms with Gasteiger partial charge in [-0.05, 0) is 72.2 Å². The van der Waals surface area contributed by atoms with Crippen LogP contribution in [0.3, 0.4) is 0 Å². The summed E-state index contributed by atoms with van der Waals surface area (Å²) in [4.78, 5) is 11.8. The van der Waals surface area contributed by atoms with Crippen LogP contribution in [-0.2, 0) is 0 Å². The number of rotatable bonds is 5. The third kappa shape index (κ3) is 4.74. The summed E-state index contributed by atoms with van der Waals surface area (Å²) < 4.78 is 1.14. The second-order valence-electron chi connectivity index (χ2n) is 3.66. The molecule has 1 atom stereocenters. The van der Waals surface area contributed by atoms with Crippen LogP contribution >= 0.6 is 34.4 Å². The van der Waals surface area contributed by atoms with Crippen LogP contribution in [0.25, 0.3) is 0 Å². The number of benzene rings is 1. The van der Waals surface area contributed by atoms with E-state index in [1.807, 2.05) is 31.2 Å². The van der Waals surface area contributed by atoms with Crippen molar-refractivity contribution in [2.24, 2.45) is 0 Å². The number of thioether (sulfide) groups is 1. The molecule has 0 saturated carbocycles. The molecular weight excluding hydrogens is 333 g/mol. The van der Waals surface area contributed by atoms with Crippen LogP contribution < -0.4 is 5.32 Å². The number of halogens is 1. The Morgan fingerprint density at radius 1 is 1.44 bits per heavy atom. The number of amides is 1. The van der Waals surface area contributed by atoms with Gasteiger partial charge in [0.25, 0.3) is 5.91 Å². The van der Waals surface area contributed by atoms with Gasteiger partial charge in [-0.2, -0.15) is 11.8 Å². The SMILES string of the molecule is CSCCC(C)NC(=O)c1ccc(I)cc1. The van der Waals surface area contributed by atoms with E-state index in [0.29, 0.717) is 0 Å². The second-order valence-corrected chi connectivity index (χ2v) is 5.89. The summed E-state index contributed by atoms with van der Waals surface area (Å²) in [5.41, 5.74) is 0.733. The molecule has 0 bridgehead atoms. The van der Waals surface area contributed by atoms with E-state index in [1.165, 1.54) is 0 Å². The summed E-state index contributed by atoms with van der Waals surface area (Å²) in [5.74, 6) is 1.10. The number of hydrogen-bond donors (Lipinski definition) is 1. The predicted octanol–water partition coefficient (Wildman–Crippen LogP) is 3.16. The molecule has 0 spiro atoms. The smallest absolute Gasteiger partial charge is 0.251 e. The lowest BCUT2D eigenvalue weighted by Crippen LogP contribution is -2.32. The van der Waals surface area contributed by atoms with E-state index in [4.69, 9.17) is 0 Å². The average molecular weight is 349 g/mol. The molecule has 2 nitrogen and oxygen atoms in total. The predicted molar refractivity (Wildman–Crippen MR) is 79.1 cm³/mol. The summed E-state index contributed by atoms with van der Waals surface area (Å²) in [5, 5.41) is 3.00. The third-order valence-corrected chi connectivity index (χ3v) is 3.60. The zero-order valence-corrected chi connectivity index (χ0v) is 12.5. The van der Waals surface area contributed by atoms with Crippen LogP contribution in [0, 0.1) is 3.57 Å². The molecule has 1 rings (SSSR count). The highest BCUT2D eigenvalue weighted by Gasteiger charge is 2.08. The molecule has 1 N–H and O–H groups in total. The fourth-order valence-electron chi connectivity index (χ4n) is 1.28. The van der Waals surface area contributed by atoms with Crippen molar-refractivity contribution in [2.75, 3.05) is 12.0 Å². The Bertz CT molecular complexity index is 339. The zero-order valence-electron chi connectivity index (χ0n) is 9.50. The van der Waals surface area contributed by atoms with E-state index >= 15 is 0 Å². The van der Waals surface area contributed by atoms with Crippen LogP contribution in [0.15, 0.2) is 24.3 Å². The third-order valence-electron chi connectivity index (χ3n) is 2.24. The monoisotopic (exact) mass is 349 g/mol. The molecule has 1 amide bonds. The molecule has 0 saturated heterocycles. The van der Waals surface area contributed by atoms with Gasteiger partial charge < -0.3 is 5.32 Å². The maximum atomic E-state index is 11.8. The lowest BCUT2D eigenvalue weighted by Gasteiger charge is -2.13. The second kappa shape index (κ2) is 7.17. The van der Waals surface area contributed by atoms with E-state index in [9.17, 15) is 4.79 Å². The van der Waals surface area contributed by atoms with E-state index < -0.39 is 0 Å². The number of carbonyl (C=O) groups is 1. The quantitative estimate of drug-likeness (QED) is 0.828. The standard InChI is InChI=1S/C12H16INOS/c1-9(7-8-16-2)14-12(15)10-3-5-11(13)6-4-10/h3-6,9H,7-8H2,1-2H3,(H,14,15). The molecule has 16 heavy (non-hydrogen) atoms. The summed E-state index contributed by atoms with van der Waals surface area (Å²) in [6.45, 7) is 2.04. The van der Waals surface area contributed by atoms with Crippen LogP contribution in [-0.4, -0.2) is 24.0 Å².